The monoisotopic (exact) mass is 292 g/mol. The van der Waals surface area contributed by atoms with Gasteiger partial charge in [-0.25, -0.2) is 9.86 Å². The molecule has 0 aromatic heterocycles. The molecule has 1 aliphatic rings. The van der Waals surface area contributed by atoms with Gasteiger partial charge in [-0.1, -0.05) is 18.2 Å². The quantitative estimate of drug-likeness (QED) is 0.867. The van der Waals surface area contributed by atoms with Crippen LogP contribution in [-0.4, -0.2) is 54.3 Å². The van der Waals surface area contributed by atoms with Gasteiger partial charge in [0.15, 0.2) is 0 Å². The number of carbonyl (C=O) groups is 2. The third-order valence-electron chi connectivity index (χ3n) is 3.96. The summed E-state index contributed by atoms with van der Waals surface area (Å²) in [7, 11) is 3.03. The molecule has 114 valence electrons. The number of hydrogen-bond acceptors (Lipinski definition) is 3. The topological polar surface area (TPSA) is 70.1 Å². The summed E-state index contributed by atoms with van der Waals surface area (Å²) in [6.45, 7) is 1.01. The Kier molecular flexibility index (Phi) is 4.80. The van der Waals surface area contributed by atoms with E-state index in [0.29, 0.717) is 18.7 Å². The van der Waals surface area contributed by atoms with Crippen molar-refractivity contribution in [2.24, 2.45) is 0 Å². The molecule has 0 bridgehead atoms. The van der Waals surface area contributed by atoms with E-state index in [1.165, 1.54) is 17.1 Å². The van der Waals surface area contributed by atoms with Crippen LogP contribution in [0, 0.1) is 0 Å². The van der Waals surface area contributed by atoms with Gasteiger partial charge < -0.3 is 10.0 Å². The first-order chi connectivity index (χ1) is 10.0. The Balaban J connectivity index is 2.18. The van der Waals surface area contributed by atoms with E-state index < -0.39 is 6.09 Å². The first kappa shape index (κ1) is 15.3. The highest BCUT2D eigenvalue weighted by atomic mass is 16.7. The molecule has 0 radical (unpaired) electrons. The van der Waals surface area contributed by atoms with Crippen molar-refractivity contribution in [3.63, 3.8) is 0 Å². The summed E-state index contributed by atoms with van der Waals surface area (Å²) in [5.74, 6) is 0.0137. The average Bonchev–Trinajstić information content (AvgIpc) is 2.53. The highest BCUT2D eigenvalue weighted by molar-refractivity contribution is 5.95. The zero-order valence-electron chi connectivity index (χ0n) is 12.3. The minimum absolute atomic E-state index is 0.186. The Morgan fingerprint density at radius 1 is 1.29 bits per heavy atom. The molecule has 0 aliphatic carbocycles. The number of benzene rings is 1. The van der Waals surface area contributed by atoms with E-state index in [2.05, 4.69) is 0 Å². The van der Waals surface area contributed by atoms with Crippen molar-refractivity contribution in [3.05, 3.63) is 35.4 Å². The Morgan fingerprint density at radius 2 is 1.90 bits per heavy atom. The van der Waals surface area contributed by atoms with Gasteiger partial charge in [0.2, 0.25) is 0 Å². The van der Waals surface area contributed by atoms with E-state index in [1.54, 1.807) is 13.1 Å². The number of likely N-dealkylation sites (tertiary alicyclic amines) is 1. The summed E-state index contributed by atoms with van der Waals surface area (Å²) in [5.41, 5.74) is 1.59. The molecule has 1 saturated heterocycles. The Bertz CT molecular complexity index is 524. The number of hydroxylamine groups is 2. The predicted molar refractivity (Wildman–Crippen MR) is 77.1 cm³/mol. The molecule has 6 heteroatoms. The van der Waals surface area contributed by atoms with Crippen LogP contribution in [0.2, 0.25) is 0 Å². The molecule has 1 fully saturated rings. The molecule has 21 heavy (non-hydrogen) atoms. The molecule has 0 saturated carbocycles. The normalized spacial score (nSPS) is 15.8. The van der Waals surface area contributed by atoms with Crippen molar-refractivity contribution in [2.75, 3.05) is 27.2 Å². The van der Waals surface area contributed by atoms with Gasteiger partial charge in [-0.3, -0.25) is 9.63 Å². The largest absolute Gasteiger partial charge is 0.465 e. The van der Waals surface area contributed by atoms with Crippen molar-refractivity contribution in [1.29, 1.82) is 0 Å². The van der Waals surface area contributed by atoms with Gasteiger partial charge in [0.25, 0.3) is 5.91 Å². The van der Waals surface area contributed by atoms with E-state index in [-0.39, 0.29) is 11.8 Å². The SMILES string of the molecule is CON(C)C(=O)c1ccccc1C1CCN(C(=O)O)CC1. The lowest BCUT2D eigenvalue weighted by Crippen LogP contribution is -2.37. The third kappa shape index (κ3) is 3.33. The number of rotatable bonds is 3. The van der Waals surface area contributed by atoms with E-state index >= 15 is 0 Å². The number of carboxylic acid groups (broad SMARTS) is 1. The smallest absolute Gasteiger partial charge is 0.407 e. The summed E-state index contributed by atoms with van der Waals surface area (Å²) in [6, 6.07) is 7.46. The van der Waals surface area contributed by atoms with E-state index in [4.69, 9.17) is 9.94 Å². The first-order valence-electron chi connectivity index (χ1n) is 6.93. The van der Waals surface area contributed by atoms with Crippen molar-refractivity contribution >= 4 is 12.0 Å². The van der Waals surface area contributed by atoms with Crippen LogP contribution in [0.4, 0.5) is 4.79 Å². The Hall–Kier alpha value is -2.08. The fraction of sp³-hybridized carbons (Fsp3) is 0.467. The molecule has 2 amide bonds. The second kappa shape index (κ2) is 6.58. The van der Waals surface area contributed by atoms with Crippen LogP contribution in [0.15, 0.2) is 24.3 Å². The minimum Gasteiger partial charge on any atom is -0.465 e. The second-order valence-corrected chi connectivity index (χ2v) is 5.12. The summed E-state index contributed by atoms with van der Waals surface area (Å²) < 4.78 is 0. The number of hydrogen-bond donors (Lipinski definition) is 1. The van der Waals surface area contributed by atoms with Crippen LogP contribution in [0.3, 0.4) is 0 Å². The summed E-state index contributed by atoms with van der Waals surface area (Å²) >= 11 is 0. The molecule has 1 N–H and O–H groups in total. The lowest BCUT2D eigenvalue weighted by atomic mass is 9.86. The van der Waals surface area contributed by atoms with Gasteiger partial charge in [-0.2, -0.15) is 0 Å². The van der Waals surface area contributed by atoms with Crippen molar-refractivity contribution < 1.29 is 19.5 Å². The predicted octanol–water partition coefficient (Wildman–Crippen LogP) is 2.18. The highest BCUT2D eigenvalue weighted by Gasteiger charge is 2.27. The standard InChI is InChI=1S/C15H20N2O4/c1-16(21-2)14(18)13-6-4-3-5-12(13)11-7-9-17(10-8-11)15(19)20/h3-6,11H,7-10H2,1-2H3,(H,19,20). The van der Waals surface area contributed by atoms with Gasteiger partial charge in [0.1, 0.15) is 0 Å². The number of carbonyl (C=O) groups excluding carboxylic acids is 1. The molecular weight excluding hydrogens is 272 g/mol. The van der Waals surface area contributed by atoms with Crippen molar-refractivity contribution in [3.8, 4) is 0 Å². The van der Waals surface area contributed by atoms with Gasteiger partial charge >= 0.3 is 6.09 Å². The maximum Gasteiger partial charge on any atom is 0.407 e. The number of piperidine rings is 1. The van der Waals surface area contributed by atoms with Crippen LogP contribution in [0.25, 0.3) is 0 Å². The highest BCUT2D eigenvalue weighted by Crippen LogP contribution is 2.30. The first-order valence-corrected chi connectivity index (χ1v) is 6.93. The van der Waals surface area contributed by atoms with Crippen LogP contribution < -0.4 is 0 Å². The van der Waals surface area contributed by atoms with Crippen molar-refractivity contribution in [1.82, 2.24) is 9.96 Å². The van der Waals surface area contributed by atoms with Crippen LogP contribution in [0.1, 0.15) is 34.7 Å². The lowest BCUT2D eigenvalue weighted by molar-refractivity contribution is -0.0758. The van der Waals surface area contributed by atoms with Gasteiger partial charge in [-0.15, -0.1) is 0 Å². The van der Waals surface area contributed by atoms with E-state index in [0.717, 1.165) is 18.4 Å². The van der Waals surface area contributed by atoms with Gasteiger partial charge in [-0.05, 0) is 30.4 Å². The zero-order chi connectivity index (χ0) is 15.4. The fourth-order valence-corrected chi connectivity index (χ4v) is 2.68. The van der Waals surface area contributed by atoms with Gasteiger partial charge in [0, 0.05) is 25.7 Å². The molecule has 2 rings (SSSR count). The third-order valence-corrected chi connectivity index (χ3v) is 3.96. The fourth-order valence-electron chi connectivity index (χ4n) is 2.68. The molecule has 1 aliphatic heterocycles. The second-order valence-electron chi connectivity index (χ2n) is 5.12. The molecule has 0 atom stereocenters. The maximum atomic E-state index is 12.3. The Morgan fingerprint density at radius 3 is 2.48 bits per heavy atom. The summed E-state index contributed by atoms with van der Waals surface area (Å²) in [4.78, 5) is 29.6. The van der Waals surface area contributed by atoms with Gasteiger partial charge in [0.05, 0.1) is 7.11 Å². The molecular formula is C15H20N2O4. The molecule has 0 unspecified atom stereocenters. The van der Waals surface area contributed by atoms with Crippen LogP contribution >= 0.6 is 0 Å². The van der Waals surface area contributed by atoms with E-state index in [1.807, 2.05) is 18.2 Å². The summed E-state index contributed by atoms with van der Waals surface area (Å²) in [6.07, 6.45) is 0.581. The molecule has 6 nitrogen and oxygen atoms in total. The van der Waals surface area contributed by atoms with Crippen LogP contribution in [0.5, 0.6) is 0 Å². The average molecular weight is 292 g/mol. The van der Waals surface area contributed by atoms with Crippen LogP contribution in [-0.2, 0) is 4.84 Å². The molecule has 1 heterocycles. The molecule has 1 aromatic carbocycles. The summed E-state index contributed by atoms with van der Waals surface area (Å²) in [5, 5.41) is 10.2. The number of amides is 2. The maximum absolute atomic E-state index is 12.3. The zero-order valence-corrected chi connectivity index (χ0v) is 12.3. The van der Waals surface area contributed by atoms with Crippen molar-refractivity contribution in [2.45, 2.75) is 18.8 Å². The molecule has 0 spiro atoms. The molecule has 1 aromatic rings. The lowest BCUT2D eigenvalue weighted by Gasteiger charge is -2.31. The minimum atomic E-state index is -0.878. The van der Waals surface area contributed by atoms with E-state index in [9.17, 15) is 9.59 Å². The Labute approximate surface area is 123 Å². The number of nitrogens with zero attached hydrogens (tertiary/aromatic N) is 2.